The van der Waals surface area contributed by atoms with Gasteiger partial charge in [0.1, 0.15) is 0 Å². The fraction of sp³-hybridized carbons (Fsp3) is 0.364. The van der Waals surface area contributed by atoms with Crippen LogP contribution in [-0.4, -0.2) is 39.0 Å². The fourth-order valence-electron chi connectivity index (χ4n) is 1.40. The molecule has 0 radical (unpaired) electrons. The van der Waals surface area contributed by atoms with Gasteiger partial charge in [-0.2, -0.15) is 13.2 Å². The molecule has 0 saturated heterocycles. The Morgan fingerprint density at radius 2 is 1.95 bits per heavy atom. The maximum Gasteiger partial charge on any atom is 0.416 e. The van der Waals surface area contributed by atoms with E-state index in [4.69, 9.17) is 5.11 Å². The monoisotopic (exact) mass is 327 g/mol. The summed E-state index contributed by atoms with van der Waals surface area (Å²) in [6.45, 7) is -0.153. The van der Waals surface area contributed by atoms with Crippen LogP contribution in [0.3, 0.4) is 0 Å². The number of ether oxygens (including phenoxy) is 1. The van der Waals surface area contributed by atoms with E-state index in [1.807, 2.05) is 4.72 Å². The second kappa shape index (κ2) is 6.31. The van der Waals surface area contributed by atoms with Crippen LogP contribution in [-0.2, 0) is 20.9 Å². The van der Waals surface area contributed by atoms with Gasteiger partial charge in [-0.15, -0.1) is 0 Å². The molecule has 21 heavy (non-hydrogen) atoms. The summed E-state index contributed by atoms with van der Waals surface area (Å²) in [6, 6.07) is 1.76. The minimum Gasteiger partial charge on any atom is -0.478 e. The van der Waals surface area contributed by atoms with Crippen molar-refractivity contribution in [3.63, 3.8) is 0 Å². The van der Waals surface area contributed by atoms with E-state index < -0.39 is 44.7 Å². The summed E-state index contributed by atoms with van der Waals surface area (Å²) in [7, 11) is -2.67. The number of carboxylic acids is 1. The number of hydrogen-bond acceptors (Lipinski definition) is 4. The van der Waals surface area contributed by atoms with Gasteiger partial charge < -0.3 is 9.84 Å². The lowest BCUT2D eigenvalue weighted by atomic mass is 10.1. The number of aromatic carboxylic acids is 1. The lowest BCUT2D eigenvalue weighted by Gasteiger charge is -2.12. The largest absolute Gasteiger partial charge is 0.478 e. The SMILES string of the molecule is COCCS(=O)(=O)Nc1cc(C(=O)O)cc(C(F)(F)F)c1. The molecule has 0 bridgehead atoms. The van der Waals surface area contributed by atoms with Crippen molar-refractivity contribution >= 4 is 21.7 Å². The summed E-state index contributed by atoms with van der Waals surface area (Å²) in [5, 5.41) is 8.77. The Hall–Kier alpha value is -1.81. The zero-order valence-corrected chi connectivity index (χ0v) is 11.6. The molecule has 1 aromatic carbocycles. The topological polar surface area (TPSA) is 92.7 Å². The zero-order chi connectivity index (χ0) is 16.3. The zero-order valence-electron chi connectivity index (χ0n) is 10.8. The first-order chi connectivity index (χ1) is 9.55. The molecule has 1 aromatic rings. The average molecular weight is 327 g/mol. The Bertz CT molecular complexity index is 627. The Morgan fingerprint density at radius 1 is 1.33 bits per heavy atom. The molecule has 0 amide bonds. The predicted molar refractivity (Wildman–Crippen MR) is 67.7 cm³/mol. The highest BCUT2D eigenvalue weighted by Gasteiger charge is 2.32. The number of carboxylic acid groups (broad SMARTS) is 1. The first kappa shape index (κ1) is 17.2. The van der Waals surface area contributed by atoms with Gasteiger partial charge in [-0.05, 0) is 18.2 Å². The Balaban J connectivity index is 3.18. The molecular weight excluding hydrogens is 315 g/mol. The first-order valence-corrected chi connectivity index (χ1v) is 7.15. The molecule has 2 N–H and O–H groups in total. The molecule has 6 nitrogen and oxygen atoms in total. The van der Waals surface area contributed by atoms with Crippen LogP contribution < -0.4 is 4.72 Å². The highest BCUT2D eigenvalue weighted by Crippen LogP contribution is 2.32. The molecule has 0 heterocycles. The Labute approximate surface area is 118 Å². The number of rotatable bonds is 6. The van der Waals surface area contributed by atoms with Gasteiger partial charge in [0.15, 0.2) is 0 Å². The highest BCUT2D eigenvalue weighted by molar-refractivity contribution is 7.92. The summed E-state index contributed by atoms with van der Waals surface area (Å²) in [5.41, 5.74) is -2.40. The number of methoxy groups -OCH3 is 1. The quantitative estimate of drug-likeness (QED) is 0.831. The van der Waals surface area contributed by atoms with E-state index in [1.54, 1.807) is 0 Å². The number of carbonyl (C=O) groups is 1. The van der Waals surface area contributed by atoms with Crippen molar-refractivity contribution < 1.29 is 36.2 Å². The summed E-state index contributed by atoms with van der Waals surface area (Å²) in [5.74, 6) is -2.07. The molecule has 0 aliphatic rings. The molecule has 1 rings (SSSR count). The predicted octanol–water partition coefficient (Wildman–Crippen LogP) is 1.79. The summed E-state index contributed by atoms with van der Waals surface area (Å²) < 4.78 is 67.6. The standard InChI is InChI=1S/C11H12F3NO5S/c1-20-2-3-21(18,19)15-9-5-7(10(16)17)4-8(6-9)11(12,13)14/h4-6,15H,2-3H2,1H3,(H,16,17). The summed E-state index contributed by atoms with van der Waals surface area (Å²) in [6.07, 6.45) is -4.79. The fourth-order valence-corrected chi connectivity index (χ4v) is 2.36. The van der Waals surface area contributed by atoms with Crippen molar-refractivity contribution in [2.75, 3.05) is 24.2 Å². The van der Waals surface area contributed by atoms with Crippen molar-refractivity contribution in [2.24, 2.45) is 0 Å². The van der Waals surface area contributed by atoms with Crippen LogP contribution in [0.1, 0.15) is 15.9 Å². The molecule has 0 spiro atoms. The van der Waals surface area contributed by atoms with E-state index in [-0.39, 0.29) is 6.61 Å². The number of halogens is 3. The minimum absolute atomic E-state index is 0.153. The van der Waals surface area contributed by atoms with Crippen LogP contribution >= 0.6 is 0 Å². The number of nitrogens with one attached hydrogen (secondary N) is 1. The van der Waals surface area contributed by atoms with Gasteiger partial charge in [0.25, 0.3) is 0 Å². The molecule has 0 aromatic heterocycles. The van der Waals surface area contributed by atoms with Gasteiger partial charge in [-0.3, -0.25) is 4.72 Å². The van der Waals surface area contributed by atoms with Crippen molar-refractivity contribution in [1.82, 2.24) is 0 Å². The van der Waals surface area contributed by atoms with E-state index in [2.05, 4.69) is 4.74 Å². The van der Waals surface area contributed by atoms with E-state index >= 15 is 0 Å². The Morgan fingerprint density at radius 3 is 2.43 bits per heavy atom. The Kier molecular flexibility index (Phi) is 5.18. The van der Waals surface area contributed by atoms with Crippen LogP contribution in [0.25, 0.3) is 0 Å². The summed E-state index contributed by atoms with van der Waals surface area (Å²) in [4.78, 5) is 10.8. The van der Waals surface area contributed by atoms with E-state index in [1.165, 1.54) is 7.11 Å². The van der Waals surface area contributed by atoms with Crippen molar-refractivity contribution in [1.29, 1.82) is 0 Å². The average Bonchev–Trinajstić information content (AvgIpc) is 2.34. The molecule has 0 aliphatic heterocycles. The van der Waals surface area contributed by atoms with Gasteiger partial charge >= 0.3 is 12.1 Å². The second-order valence-electron chi connectivity index (χ2n) is 4.02. The third kappa shape index (κ3) is 5.23. The lowest BCUT2D eigenvalue weighted by molar-refractivity contribution is -0.137. The van der Waals surface area contributed by atoms with Crippen LogP contribution in [0.2, 0.25) is 0 Å². The van der Waals surface area contributed by atoms with Crippen LogP contribution in [0, 0.1) is 0 Å². The lowest BCUT2D eigenvalue weighted by Crippen LogP contribution is -2.20. The van der Waals surface area contributed by atoms with Gasteiger partial charge in [0, 0.05) is 12.8 Å². The normalized spacial score (nSPS) is 12.2. The number of hydrogen-bond donors (Lipinski definition) is 2. The van der Waals surface area contributed by atoms with E-state index in [9.17, 15) is 26.4 Å². The molecule has 10 heteroatoms. The third-order valence-electron chi connectivity index (χ3n) is 2.34. The van der Waals surface area contributed by atoms with Crippen molar-refractivity contribution in [3.05, 3.63) is 29.3 Å². The van der Waals surface area contributed by atoms with Crippen LogP contribution in [0.4, 0.5) is 18.9 Å². The second-order valence-corrected chi connectivity index (χ2v) is 5.86. The third-order valence-corrected chi connectivity index (χ3v) is 3.59. The number of alkyl halides is 3. The van der Waals surface area contributed by atoms with Crippen molar-refractivity contribution in [2.45, 2.75) is 6.18 Å². The van der Waals surface area contributed by atoms with Gasteiger partial charge in [-0.25, -0.2) is 13.2 Å². The van der Waals surface area contributed by atoms with E-state index in [0.29, 0.717) is 12.1 Å². The number of benzene rings is 1. The summed E-state index contributed by atoms with van der Waals surface area (Å²) >= 11 is 0. The molecule has 0 unspecified atom stereocenters. The molecule has 118 valence electrons. The molecular formula is C11H12F3NO5S. The van der Waals surface area contributed by atoms with Gasteiger partial charge in [0.05, 0.1) is 23.5 Å². The smallest absolute Gasteiger partial charge is 0.416 e. The number of anilines is 1. The maximum atomic E-state index is 12.7. The maximum absolute atomic E-state index is 12.7. The first-order valence-electron chi connectivity index (χ1n) is 5.50. The molecule has 0 aliphatic carbocycles. The van der Waals surface area contributed by atoms with Crippen LogP contribution in [0.5, 0.6) is 0 Å². The van der Waals surface area contributed by atoms with Gasteiger partial charge in [-0.1, -0.05) is 0 Å². The number of sulfonamides is 1. The molecule has 0 fully saturated rings. The van der Waals surface area contributed by atoms with Crippen molar-refractivity contribution in [3.8, 4) is 0 Å². The molecule has 0 saturated carbocycles. The highest BCUT2D eigenvalue weighted by atomic mass is 32.2. The van der Waals surface area contributed by atoms with E-state index in [0.717, 1.165) is 6.07 Å². The molecule has 0 atom stereocenters. The van der Waals surface area contributed by atoms with Gasteiger partial charge in [0.2, 0.25) is 10.0 Å². The minimum atomic E-state index is -4.79. The van der Waals surface area contributed by atoms with Crippen LogP contribution in [0.15, 0.2) is 18.2 Å².